The average molecular weight is 403 g/mol. The van der Waals surface area contributed by atoms with Gasteiger partial charge < -0.3 is 5.11 Å². The normalized spacial score (nSPS) is 15.8. The standard InChI is InChI=1S/C19H21N3O5S/c1-14-5-7-17(28(26,27)21-9-3-2-4-10-21)12-18(14)20-13-15-11-16(22(24)25)6-8-19(15)23/h5-8,11-13,23H,2-4,9-10H2,1H3. The maximum atomic E-state index is 12.9. The highest BCUT2D eigenvalue weighted by molar-refractivity contribution is 7.89. The second kappa shape index (κ2) is 8.07. The van der Waals surface area contributed by atoms with Crippen molar-refractivity contribution >= 4 is 27.6 Å². The number of nitro benzene ring substituents is 1. The molecule has 0 amide bonds. The Labute approximate surface area is 163 Å². The van der Waals surface area contributed by atoms with Crippen molar-refractivity contribution in [2.75, 3.05) is 13.1 Å². The molecule has 1 saturated heterocycles. The Kier molecular flexibility index (Phi) is 5.76. The van der Waals surface area contributed by atoms with Gasteiger partial charge >= 0.3 is 0 Å². The van der Waals surface area contributed by atoms with Gasteiger partial charge in [0.25, 0.3) is 5.69 Å². The summed E-state index contributed by atoms with van der Waals surface area (Å²) in [5.41, 5.74) is 1.18. The third-order valence-corrected chi connectivity index (χ3v) is 6.59. The SMILES string of the molecule is Cc1ccc(S(=O)(=O)N2CCCCC2)cc1N=Cc1cc([N+](=O)[O-])ccc1O. The van der Waals surface area contributed by atoms with Crippen molar-refractivity contribution in [3.63, 3.8) is 0 Å². The highest BCUT2D eigenvalue weighted by Gasteiger charge is 2.26. The van der Waals surface area contributed by atoms with Crippen molar-refractivity contribution in [3.8, 4) is 5.75 Å². The molecule has 0 radical (unpaired) electrons. The Morgan fingerprint density at radius 1 is 1.14 bits per heavy atom. The predicted octanol–water partition coefficient (Wildman–Crippen LogP) is 3.53. The fourth-order valence-electron chi connectivity index (χ4n) is 3.04. The van der Waals surface area contributed by atoms with Gasteiger partial charge in [0, 0.05) is 37.0 Å². The Bertz CT molecular complexity index is 1030. The van der Waals surface area contributed by atoms with Crippen LogP contribution in [0.5, 0.6) is 5.75 Å². The van der Waals surface area contributed by atoms with Crippen LogP contribution >= 0.6 is 0 Å². The highest BCUT2D eigenvalue weighted by Crippen LogP contribution is 2.28. The van der Waals surface area contributed by atoms with Crippen LogP contribution in [0.1, 0.15) is 30.4 Å². The maximum Gasteiger partial charge on any atom is 0.270 e. The molecular formula is C19H21N3O5S. The third kappa shape index (κ3) is 4.20. The van der Waals surface area contributed by atoms with Crippen LogP contribution in [0.4, 0.5) is 11.4 Å². The molecule has 1 aliphatic rings. The van der Waals surface area contributed by atoms with Crippen molar-refractivity contribution in [2.45, 2.75) is 31.1 Å². The lowest BCUT2D eigenvalue weighted by atomic mass is 10.2. The first-order chi connectivity index (χ1) is 13.3. The third-order valence-electron chi connectivity index (χ3n) is 4.70. The molecule has 0 aromatic heterocycles. The molecule has 3 rings (SSSR count). The second-order valence-corrected chi connectivity index (χ2v) is 8.61. The molecule has 0 aliphatic carbocycles. The van der Waals surface area contributed by atoms with Gasteiger partial charge in [-0.3, -0.25) is 15.1 Å². The monoisotopic (exact) mass is 403 g/mol. The molecule has 1 heterocycles. The minimum Gasteiger partial charge on any atom is -0.507 e. The number of hydrogen-bond donors (Lipinski definition) is 1. The van der Waals surface area contributed by atoms with Gasteiger partial charge in [0.15, 0.2) is 0 Å². The molecule has 1 fully saturated rings. The van der Waals surface area contributed by atoms with E-state index in [9.17, 15) is 23.6 Å². The van der Waals surface area contributed by atoms with E-state index in [0.29, 0.717) is 18.8 Å². The zero-order chi connectivity index (χ0) is 20.3. The topological polar surface area (TPSA) is 113 Å². The van der Waals surface area contributed by atoms with Crippen LogP contribution in [-0.2, 0) is 10.0 Å². The molecule has 0 saturated carbocycles. The first-order valence-electron chi connectivity index (χ1n) is 8.91. The largest absolute Gasteiger partial charge is 0.507 e. The number of benzene rings is 2. The van der Waals surface area contributed by atoms with E-state index in [0.717, 1.165) is 24.8 Å². The summed E-state index contributed by atoms with van der Waals surface area (Å²) < 4.78 is 27.2. The number of nitrogens with zero attached hydrogens (tertiary/aromatic N) is 3. The van der Waals surface area contributed by atoms with E-state index >= 15 is 0 Å². The summed E-state index contributed by atoms with van der Waals surface area (Å²) in [6, 6.07) is 8.36. The van der Waals surface area contributed by atoms with E-state index in [2.05, 4.69) is 4.99 Å². The number of aromatic hydroxyl groups is 1. The zero-order valence-electron chi connectivity index (χ0n) is 15.4. The molecule has 0 spiro atoms. The number of phenolic OH excluding ortho intramolecular Hbond substituents is 1. The van der Waals surface area contributed by atoms with Crippen LogP contribution in [0, 0.1) is 17.0 Å². The molecule has 148 valence electrons. The smallest absolute Gasteiger partial charge is 0.270 e. The second-order valence-electron chi connectivity index (χ2n) is 6.67. The first-order valence-corrected chi connectivity index (χ1v) is 10.4. The van der Waals surface area contributed by atoms with Gasteiger partial charge in [-0.25, -0.2) is 8.42 Å². The van der Waals surface area contributed by atoms with E-state index in [4.69, 9.17) is 0 Å². The summed E-state index contributed by atoms with van der Waals surface area (Å²) in [5.74, 6) is -0.149. The van der Waals surface area contributed by atoms with Crippen LogP contribution in [0.15, 0.2) is 46.3 Å². The summed E-state index contributed by atoms with van der Waals surface area (Å²) in [5, 5.41) is 20.8. The van der Waals surface area contributed by atoms with Gasteiger partial charge in [0.1, 0.15) is 5.75 Å². The van der Waals surface area contributed by atoms with Crippen LogP contribution in [0.25, 0.3) is 0 Å². The number of nitro groups is 1. The molecule has 2 aromatic rings. The van der Waals surface area contributed by atoms with E-state index in [-0.39, 0.29) is 21.9 Å². The van der Waals surface area contributed by atoms with E-state index < -0.39 is 14.9 Å². The van der Waals surface area contributed by atoms with Crippen molar-refractivity contribution in [1.82, 2.24) is 4.31 Å². The summed E-state index contributed by atoms with van der Waals surface area (Å²) in [4.78, 5) is 14.8. The van der Waals surface area contributed by atoms with Crippen molar-refractivity contribution in [3.05, 3.63) is 57.6 Å². The van der Waals surface area contributed by atoms with Gasteiger partial charge in [-0.1, -0.05) is 12.5 Å². The fraction of sp³-hybridized carbons (Fsp3) is 0.316. The van der Waals surface area contributed by atoms with Crippen molar-refractivity contribution in [1.29, 1.82) is 0 Å². The molecule has 9 heteroatoms. The Morgan fingerprint density at radius 3 is 2.54 bits per heavy atom. The maximum absolute atomic E-state index is 12.9. The summed E-state index contributed by atoms with van der Waals surface area (Å²) in [7, 11) is -3.59. The first kappa shape index (κ1) is 20.0. The van der Waals surface area contributed by atoms with E-state index in [1.807, 2.05) is 0 Å². The fourth-order valence-corrected chi connectivity index (χ4v) is 4.58. The van der Waals surface area contributed by atoms with Gasteiger partial charge in [0.05, 0.1) is 15.5 Å². The molecule has 1 aliphatic heterocycles. The minimum absolute atomic E-state index is 0.149. The lowest BCUT2D eigenvalue weighted by molar-refractivity contribution is -0.384. The molecule has 0 bridgehead atoms. The molecular weight excluding hydrogens is 382 g/mol. The lowest BCUT2D eigenvalue weighted by Gasteiger charge is -2.26. The lowest BCUT2D eigenvalue weighted by Crippen LogP contribution is -2.35. The molecule has 0 unspecified atom stereocenters. The molecule has 0 atom stereocenters. The summed E-state index contributed by atoms with van der Waals surface area (Å²) in [6.07, 6.45) is 4.02. The number of hydrogen-bond acceptors (Lipinski definition) is 6. The Morgan fingerprint density at radius 2 is 1.86 bits per heavy atom. The quantitative estimate of drug-likeness (QED) is 0.466. The molecule has 2 aromatic carbocycles. The number of non-ortho nitro benzene ring substituents is 1. The molecule has 8 nitrogen and oxygen atoms in total. The summed E-state index contributed by atoms with van der Waals surface area (Å²) >= 11 is 0. The number of aryl methyl sites for hydroxylation is 1. The molecule has 1 N–H and O–H groups in total. The van der Waals surface area contributed by atoms with Crippen molar-refractivity contribution in [2.24, 2.45) is 4.99 Å². The Balaban J connectivity index is 1.93. The van der Waals surface area contributed by atoms with Gasteiger partial charge in [-0.15, -0.1) is 0 Å². The van der Waals surface area contributed by atoms with E-state index in [1.165, 1.54) is 34.8 Å². The zero-order valence-corrected chi connectivity index (χ0v) is 16.2. The Hall–Kier alpha value is -2.78. The number of phenols is 1. The summed E-state index contributed by atoms with van der Waals surface area (Å²) in [6.45, 7) is 2.81. The number of aliphatic imine (C=N–C) groups is 1. The predicted molar refractivity (Wildman–Crippen MR) is 106 cm³/mol. The number of rotatable bonds is 5. The van der Waals surface area contributed by atoms with Gasteiger partial charge in [-0.05, 0) is 43.5 Å². The van der Waals surface area contributed by atoms with E-state index in [1.54, 1.807) is 19.1 Å². The van der Waals surface area contributed by atoms with Crippen LogP contribution in [0.3, 0.4) is 0 Å². The van der Waals surface area contributed by atoms with Gasteiger partial charge in [-0.2, -0.15) is 4.31 Å². The van der Waals surface area contributed by atoms with Gasteiger partial charge in [0.2, 0.25) is 10.0 Å². The average Bonchev–Trinajstić information content (AvgIpc) is 2.68. The van der Waals surface area contributed by atoms with Crippen LogP contribution in [0.2, 0.25) is 0 Å². The van der Waals surface area contributed by atoms with Crippen LogP contribution < -0.4 is 0 Å². The highest BCUT2D eigenvalue weighted by atomic mass is 32.2. The minimum atomic E-state index is -3.59. The molecule has 28 heavy (non-hydrogen) atoms. The number of piperidine rings is 1. The number of sulfonamides is 1. The van der Waals surface area contributed by atoms with Crippen LogP contribution in [-0.4, -0.2) is 42.1 Å². The van der Waals surface area contributed by atoms with Crippen molar-refractivity contribution < 1.29 is 18.4 Å².